The van der Waals surface area contributed by atoms with Gasteiger partial charge in [0.1, 0.15) is 5.82 Å². The summed E-state index contributed by atoms with van der Waals surface area (Å²) in [6.45, 7) is 4.73. The summed E-state index contributed by atoms with van der Waals surface area (Å²) in [5.74, 6) is 1.03. The first kappa shape index (κ1) is 33.5. The van der Waals surface area contributed by atoms with Gasteiger partial charge in [-0.2, -0.15) is 0 Å². The minimum Gasteiger partial charge on any atom is -0.340 e. The molecule has 4 aromatic rings. The molecule has 4 rings (SSSR count). The zero-order valence-corrected chi connectivity index (χ0v) is 26.7. The summed E-state index contributed by atoms with van der Waals surface area (Å²) < 4.78 is 0. The lowest BCUT2D eigenvalue weighted by molar-refractivity contribution is -0.116. The van der Waals surface area contributed by atoms with Crippen LogP contribution in [0.5, 0.6) is 0 Å². The quantitative estimate of drug-likeness (QED) is 0.113. The fourth-order valence-electron chi connectivity index (χ4n) is 4.55. The van der Waals surface area contributed by atoms with Gasteiger partial charge in [-0.3, -0.25) is 9.59 Å². The topological polar surface area (TPSA) is 127 Å². The van der Waals surface area contributed by atoms with Gasteiger partial charge in [0.05, 0.1) is 11.2 Å². The molecule has 238 valence electrons. The number of nitrogens with one attached hydrogen (secondary N) is 5. The second kappa shape index (κ2) is 17.2. The maximum Gasteiger partial charge on any atom is 0.225 e. The molecule has 0 saturated carbocycles. The number of benzene rings is 3. The first-order valence-corrected chi connectivity index (χ1v) is 15.3. The highest BCUT2D eigenvalue weighted by Crippen LogP contribution is 2.31. The molecule has 1 aromatic heterocycles. The van der Waals surface area contributed by atoms with Crippen LogP contribution in [0.25, 0.3) is 22.3 Å². The number of amides is 2. The number of hydrogen-bond acceptors (Lipinski definition) is 9. The molecule has 0 spiro atoms. The summed E-state index contributed by atoms with van der Waals surface area (Å²) in [5.41, 5.74) is 3.71. The van der Waals surface area contributed by atoms with Gasteiger partial charge in [0.25, 0.3) is 0 Å². The summed E-state index contributed by atoms with van der Waals surface area (Å²) >= 11 is 0. The molecule has 0 radical (unpaired) electrons. The fraction of sp³-hybridized carbons (Fsp3) is 0.353. The molecule has 11 heteroatoms. The molecule has 1 heterocycles. The lowest BCUT2D eigenvalue weighted by Crippen LogP contribution is -2.29. The van der Waals surface area contributed by atoms with Crippen LogP contribution in [-0.4, -0.2) is 99.0 Å². The van der Waals surface area contributed by atoms with Crippen molar-refractivity contribution in [3.8, 4) is 11.4 Å². The van der Waals surface area contributed by atoms with E-state index in [1.807, 2.05) is 101 Å². The van der Waals surface area contributed by atoms with Gasteiger partial charge < -0.3 is 36.4 Å². The second-order valence-corrected chi connectivity index (χ2v) is 11.4. The summed E-state index contributed by atoms with van der Waals surface area (Å²) in [6.07, 6.45) is 0.760. The van der Waals surface area contributed by atoms with Crippen LogP contribution in [-0.2, 0) is 9.59 Å². The van der Waals surface area contributed by atoms with E-state index in [9.17, 15) is 9.59 Å². The summed E-state index contributed by atoms with van der Waals surface area (Å²) in [6, 6.07) is 22.9. The molecule has 45 heavy (non-hydrogen) atoms. The summed E-state index contributed by atoms with van der Waals surface area (Å²) in [7, 11) is 8.09. The number of anilines is 4. The molecule has 0 aliphatic rings. The predicted octanol–water partition coefficient (Wildman–Crippen LogP) is 4.00. The van der Waals surface area contributed by atoms with Gasteiger partial charge in [0, 0.05) is 74.4 Å². The van der Waals surface area contributed by atoms with E-state index in [4.69, 9.17) is 9.97 Å². The van der Waals surface area contributed by atoms with Crippen molar-refractivity contribution in [2.24, 2.45) is 0 Å². The van der Waals surface area contributed by atoms with E-state index in [0.29, 0.717) is 43.3 Å². The standard InChI is InChI=1S/C34H45N9O2/c1-42(2)23-21-35-19-17-31(44)37-25-13-15-26(16-14-25)38-33-28-10-6-8-12-30(28)40-34(41-33)27-9-5-7-11-29(27)39-32(45)18-20-36-22-24-43(3)4/h5-16,35-36H,17-24H2,1-4H3,(H,37,44)(H,39,45)(H,38,40,41). The number of nitrogens with zero attached hydrogens (tertiary/aromatic N) is 4. The van der Waals surface area contributed by atoms with Gasteiger partial charge in [0.2, 0.25) is 11.8 Å². The van der Waals surface area contributed by atoms with Crippen LogP contribution in [0.1, 0.15) is 12.8 Å². The van der Waals surface area contributed by atoms with Crippen molar-refractivity contribution in [1.29, 1.82) is 0 Å². The van der Waals surface area contributed by atoms with Crippen LogP contribution in [0, 0.1) is 0 Å². The van der Waals surface area contributed by atoms with E-state index in [1.54, 1.807) is 0 Å². The Morgan fingerprint density at radius 1 is 0.644 bits per heavy atom. The maximum absolute atomic E-state index is 12.8. The van der Waals surface area contributed by atoms with Crippen LogP contribution in [0.3, 0.4) is 0 Å². The lowest BCUT2D eigenvalue weighted by Gasteiger charge is -2.14. The molecule has 0 aliphatic heterocycles. The molecule has 11 nitrogen and oxygen atoms in total. The van der Waals surface area contributed by atoms with E-state index in [-0.39, 0.29) is 11.8 Å². The van der Waals surface area contributed by atoms with Gasteiger partial charge in [-0.25, -0.2) is 9.97 Å². The minimum absolute atomic E-state index is 0.0363. The number of hydrogen-bond donors (Lipinski definition) is 5. The van der Waals surface area contributed by atoms with Crippen LogP contribution in [0.2, 0.25) is 0 Å². The van der Waals surface area contributed by atoms with Crippen molar-refractivity contribution in [2.45, 2.75) is 12.8 Å². The monoisotopic (exact) mass is 611 g/mol. The van der Waals surface area contributed by atoms with E-state index < -0.39 is 0 Å². The SMILES string of the molecule is CN(C)CCNCCC(=O)Nc1ccc(Nc2nc(-c3ccccc3NC(=O)CCNCCN(C)C)nc3ccccc23)cc1. The first-order chi connectivity index (χ1) is 21.8. The number of aromatic nitrogens is 2. The Bertz CT molecular complexity index is 1540. The summed E-state index contributed by atoms with van der Waals surface area (Å²) in [4.78, 5) is 39.1. The van der Waals surface area contributed by atoms with Crippen molar-refractivity contribution in [2.75, 3.05) is 83.4 Å². The normalized spacial score (nSPS) is 11.2. The Morgan fingerprint density at radius 2 is 1.22 bits per heavy atom. The Labute approximate surface area is 265 Å². The van der Waals surface area contributed by atoms with Gasteiger partial charge in [-0.15, -0.1) is 0 Å². The number of carbonyl (C=O) groups is 2. The van der Waals surface area contributed by atoms with Crippen LogP contribution in [0.15, 0.2) is 72.8 Å². The number of rotatable bonds is 17. The summed E-state index contributed by atoms with van der Waals surface area (Å²) in [5, 5.41) is 16.9. The molecule has 3 aromatic carbocycles. The third kappa shape index (κ3) is 10.9. The van der Waals surface area contributed by atoms with E-state index in [1.165, 1.54) is 0 Å². The lowest BCUT2D eigenvalue weighted by atomic mass is 10.1. The van der Waals surface area contributed by atoms with Crippen LogP contribution in [0.4, 0.5) is 22.9 Å². The number of carbonyl (C=O) groups excluding carboxylic acids is 2. The Kier molecular flexibility index (Phi) is 12.8. The Hall–Kier alpha value is -4.42. The predicted molar refractivity (Wildman–Crippen MR) is 184 cm³/mol. The molecule has 0 aliphatic carbocycles. The van der Waals surface area contributed by atoms with Crippen molar-refractivity contribution in [3.63, 3.8) is 0 Å². The molecular formula is C34H45N9O2. The van der Waals surface area contributed by atoms with E-state index in [2.05, 4.69) is 36.4 Å². The molecule has 0 unspecified atom stereocenters. The zero-order chi connectivity index (χ0) is 32.0. The minimum atomic E-state index is -0.0771. The Morgan fingerprint density at radius 3 is 1.89 bits per heavy atom. The maximum atomic E-state index is 12.8. The van der Waals surface area contributed by atoms with Crippen molar-refractivity contribution >= 4 is 45.6 Å². The molecule has 0 saturated heterocycles. The number of likely N-dealkylation sites (N-methyl/N-ethyl adjacent to an activating group) is 2. The zero-order valence-electron chi connectivity index (χ0n) is 26.7. The van der Waals surface area contributed by atoms with Gasteiger partial charge in [-0.1, -0.05) is 24.3 Å². The second-order valence-electron chi connectivity index (χ2n) is 11.4. The first-order valence-electron chi connectivity index (χ1n) is 15.3. The van der Waals surface area contributed by atoms with Crippen molar-refractivity contribution < 1.29 is 9.59 Å². The molecule has 2 amide bonds. The highest BCUT2D eigenvalue weighted by atomic mass is 16.2. The molecule has 0 fully saturated rings. The van der Waals surface area contributed by atoms with E-state index in [0.717, 1.165) is 54.0 Å². The number of para-hydroxylation sites is 2. The average molecular weight is 612 g/mol. The number of fused-ring (bicyclic) bond motifs is 1. The molecule has 5 N–H and O–H groups in total. The van der Waals surface area contributed by atoms with Gasteiger partial charge >= 0.3 is 0 Å². The third-order valence-corrected chi connectivity index (χ3v) is 7.01. The smallest absolute Gasteiger partial charge is 0.225 e. The van der Waals surface area contributed by atoms with Crippen LogP contribution >= 0.6 is 0 Å². The highest BCUT2D eigenvalue weighted by Gasteiger charge is 2.14. The molecule has 0 atom stereocenters. The average Bonchev–Trinajstić information content (AvgIpc) is 3.01. The van der Waals surface area contributed by atoms with Gasteiger partial charge in [-0.05, 0) is 76.7 Å². The fourth-order valence-corrected chi connectivity index (χ4v) is 4.55. The van der Waals surface area contributed by atoms with E-state index >= 15 is 0 Å². The van der Waals surface area contributed by atoms with Crippen molar-refractivity contribution in [1.82, 2.24) is 30.4 Å². The van der Waals surface area contributed by atoms with Gasteiger partial charge in [0.15, 0.2) is 5.82 Å². The Balaban J connectivity index is 1.44. The molecular weight excluding hydrogens is 566 g/mol. The van der Waals surface area contributed by atoms with Crippen LogP contribution < -0.4 is 26.6 Å². The highest BCUT2D eigenvalue weighted by molar-refractivity contribution is 5.97. The van der Waals surface area contributed by atoms with Crippen molar-refractivity contribution in [3.05, 3.63) is 72.8 Å². The third-order valence-electron chi connectivity index (χ3n) is 7.01. The largest absolute Gasteiger partial charge is 0.340 e. The molecule has 0 bridgehead atoms.